The van der Waals surface area contributed by atoms with Gasteiger partial charge in [-0.25, -0.2) is 4.79 Å². The van der Waals surface area contributed by atoms with E-state index in [2.05, 4.69) is 16.7 Å². The van der Waals surface area contributed by atoms with E-state index in [1.54, 1.807) is 6.92 Å². The summed E-state index contributed by atoms with van der Waals surface area (Å²) < 4.78 is 0. The number of carbonyl (C=O) groups excluding carboxylic acids is 1. The highest BCUT2D eigenvalue weighted by molar-refractivity contribution is 5.73. The molecule has 0 aliphatic heterocycles. The Morgan fingerprint density at radius 3 is 2.60 bits per heavy atom. The molecule has 0 aliphatic rings. The van der Waals surface area contributed by atoms with Crippen molar-refractivity contribution in [1.29, 1.82) is 0 Å². The zero-order chi connectivity index (χ0) is 15.1. The summed E-state index contributed by atoms with van der Waals surface area (Å²) in [6, 6.07) is 5.96. The van der Waals surface area contributed by atoms with Crippen molar-refractivity contribution in [3.05, 3.63) is 29.3 Å². The monoisotopic (exact) mass is 279 g/mol. The Bertz CT molecular complexity index is 445. The van der Waals surface area contributed by atoms with E-state index in [9.17, 15) is 4.79 Å². The van der Waals surface area contributed by atoms with Crippen molar-refractivity contribution in [2.45, 2.75) is 32.9 Å². The number of benzene rings is 1. The molecule has 0 aromatic heterocycles. The number of aryl methyl sites for hydroxylation is 1. The highest BCUT2D eigenvalue weighted by Crippen LogP contribution is 2.17. The van der Waals surface area contributed by atoms with Gasteiger partial charge in [0, 0.05) is 32.9 Å². The first-order valence-electron chi connectivity index (χ1n) is 6.86. The largest absolute Gasteiger partial charge is 0.393 e. The van der Waals surface area contributed by atoms with Gasteiger partial charge in [-0.3, -0.25) is 0 Å². The minimum atomic E-state index is -0.392. The van der Waals surface area contributed by atoms with E-state index in [0.717, 1.165) is 16.8 Å². The van der Waals surface area contributed by atoms with Crippen LogP contribution in [-0.4, -0.2) is 37.9 Å². The van der Waals surface area contributed by atoms with Gasteiger partial charge in [-0.1, -0.05) is 6.07 Å². The average molecular weight is 279 g/mol. The number of rotatable bonds is 6. The molecule has 1 aromatic carbocycles. The minimum Gasteiger partial charge on any atom is -0.393 e. The Morgan fingerprint density at radius 2 is 2.05 bits per heavy atom. The molecule has 0 fully saturated rings. The molecule has 1 rings (SSSR count). The van der Waals surface area contributed by atoms with Crippen LogP contribution < -0.4 is 15.5 Å². The van der Waals surface area contributed by atoms with E-state index >= 15 is 0 Å². The standard InChI is InChI=1S/C15H25N3O2/c1-11-9-14(18(3)4)6-5-13(11)10-17-15(20)16-8-7-12(2)19/h5-6,9,12,19H,7-8,10H2,1-4H3,(H2,16,17,20). The van der Waals surface area contributed by atoms with Crippen molar-refractivity contribution < 1.29 is 9.90 Å². The minimum absolute atomic E-state index is 0.207. The highest BCUT2D eigenvalue weighted by Gasteiger charge is 2.04. The number of aliphatic hydroxyl groups excluding tert-OH is 1. The molecule has 0 bridgehead atoms. The van der Waals surface area contributed by atoms with Gasteiger partial charge in [-0.05, 0) is 43.5 Å². The van der Waals surface area contributed by atoms with E-state index < -0.39 is 6.10 Å². The van der Waals surface area contributed by atoms with Crippen LogP contribution in [0.4, 0.5) is 10.5 Å². The summed E-state index contributed by atoms with van der Waals surface area (Å²) in [7, 11) is 4.00. The van der Waals surface area contributed by atoms with E-state index in [4.69, 9.17) is 5.11 Å². The van der Waals surface area contributed by atoms with Crippen LogP contribution in [-0.2, 0) is 6.54 Å². The molecule has 3 N–H and O–H groups in total. The molecular formula is C15H25N3O2. The Balaban J connectivity index is 2.43. The normalized spacial score (nSPS) is 11.8. The molecule has 0 heterocycles. The molecule has 0 spiro atoms. The van der Waals surface area contributed by atoms with E-state index in [1.165, 1.54) is 0 Å². The third-order valence-corrected chi connectivity index (χ3v) is 3.13. The number of anilines is 1. The van der Waals surface area contributed by atoms with Gasteiger partial charge in [-0.2, -0.15) is 0 Å². The summed E-state index contributed by atoms with van der Waals surface area (Å²) in [6.07, 6.45) is 0.167. The van der Waals surface area contributed by atoms with Gasteiger partial charge in [0.1, 0.15) is 0 Å². The second-order valence-corrected chi connectivity index (χ2v) is 5.25. The van der Waals surface area contributed by atoms with Gasteiger partial charge in [0.2, 0.25) is 0 Å². The topological polar surface area (TPSA) is 64.6 Å². The van der Waals surface area contributed by atoms with Crippen LogP contribution in [0.1, 0.15) is 24.5 Å². The van der Waals surface area contributed by atoms with Crippen LogP contribution in [0.5, 0.6) is 0 Å². The van der Waals surface area contributed by atoms with Crippen LogP contribution >= 0.6 is 0 Å². The van der Waals surface area contributed by atoms with Crippen LogP contribution in [0.2, 0.25) is 0 Å². The first-order valence-corrected chi connectivity index (χ1v) is 6.86. The molecular weight excluding hydrogens is 254 g/mol. The lowest BCUT2D eigenvalue weighted by Crippen LogP contribution is -2.36. The van der Waals surface area contributed by atoms with Crippen molar-refractivity contribution in [3.8, 4) is 0 Å². The number of nitrogens with one attached hydrogen (secondary N) is 2. The Kier molecular flexibility index (Phi) is 6.31. The summed E-state index contributed by atoms with van der Waals surface area (Å²) in [5.41, 5.74) is 3.40. The maximum absolute atomic E-state index is 11.6. The number of hydrogen-bond donors (Lipinski definition) is 3. The third-order valence-electron chi connectivity index (χ3n) is 3.13. The Labute approximate surface area is 121 Å². The van der Waals surface area contributed by atoms with E-state index in [1.807, 2.05) is 38.1 Å². The third kappa shape index (κ3) is 5.48. The molecule has 0 saturated carbocycles. The zero-order valence-electron chi connectivity index (χ0n) is 12.7. The van der Waals surface area contributed by atoms with Crippen molar-refractivity contribution in [2.24, 2.45) is 0 Å². The van der Waals surface area contributed by atoms with Gasteiger partial charge in [0.05, 0.1) is 6.10 Å². The zero-order valence-corrected chi connectivity index (χ0v) is 12.7. The number of aliphatic hydroxyl groups is 1. The molecule has 1 unspecified atom stereocenters. The molecule has 1 aromatic rings. The molecule has 5 heteroatoms. The maximum Gasteiger partial charge on any atom is 0.315 e. The quantitative estimate of drug-likeness (QED) is 0.741. The molecule has 20 heavy (non-hydrogen) atoms. The first kappa shape index (κ1) is 16.3. The molecule has 112 valence electrons. The number of nitrogens with zero attached hydrogens (tertiary/aromatic N) is 1. The van der Waals surface area contributed by atoms with Crippen LogP contribution in [0, 0.1) is 6.92 Å². The summed E-state index contributed by atoms with van der Waals surface area (Å²) in [5, 5.41) is 14.6. The van der Waals surface area contributed by atoms with Gasteiger partial charge in [-0.15, -0.1) is 0 Å². The summed E-state index contributed by atoms with van der Waals surface area (Å²) in [4.78, 5) is 13.6. The van der Waals surface area contributed by atoms with Gasteiger partial charge < -0.3 is 20.6 Å². The van der Waals surface area contributed by atoms with E-state index in [0.29, 0.717) is 19.5 Å². The van der Waals surface area contributed by atoms with Crippen molar-refractivity contribution >= 4 is 11.7 Å². The van der Waals surface area contributed by atoms with Gasteiger partial charge in [0.25, 0.3) is 0 Å². The molecule has 0 aliphatic carbocycles. The lowest BCUT2D eigenvalue weighted by Gasteiger charge is -2.15. The van der Waals surface area contributed by atoms with Crippen LogP contribution in [0.25, 0.3) is 0 Å². The smallest absolute Gasteiger partial charge is 0.315 e. The molecule has 0 saturated heterocycles. The molecule has 1 atom stereocenters. The summed E-state index contributed by atoms with van der Waals surface area (Å²) in [6.45, 7) is 4.71. The maximum atomic E-state index is 11.6. The predicted octanol–water partition coefficient (Wildman–Crippen LogP) is 1.63. The predicted molar refractivity (Wildman–Crippen MR) is 82.0 cm³/mol. The average Bonchev–Trinajstić information content (AvgIpc) is 2.36. The highest BCUT2D eigenvalue weighted by atomic mass is 16.3. The molecule has 0 radical (unpaired) electrons. The SMILES string of the molecule is Cc1cc(N(C)C)ccc1CNC(=O)NCCC(C)O. The fourth-order valence-corrected chi connectivity index (χ4v) is 1.79. The number of hydrogen-bond acceptors (Lipinski definition) is 3. The lowest BCUT2D eigenvalue weighted by molar-refractivity contribution is 0.183. The number of urea groups is 1. The van der Waals surface area contributed by atoms with Crippen LogP contribution in [0.15, 0.2) is 18.2 Å². The van der Waals surface area contributed by atoms with E-state index in [-0.39, 0.29) is 6.03 Å². The van der Waals surface area contributed by atoms with Crippen molar-refractivity contribution in [2.75, 3.05) is 25.5 Å². The summed E-state index contributed by atoms with van der Waals surface area (Å²) >= 11 is 0. The first-order chi connectivity index (χ1) is 9.40. The summed E-state index contributed by atoms with van der Waals surface area (Å²) in [5.74, 6) is 0. The second kappa shape index (κ2) is 7.75. The molecule has 5 nitrogen and oxygen atoms in total. The fourth-order valence-electron chi connectivity index (χ4n) is 1.79. The lowest BCUT2D eigenvalue weighted by atomic mass is 10.1. The number of carbonyl (C=O) groups is 1. The van der Waals surface area contributed by atoms with Crippen molar-refractivity contribution in [1.82, 2.24) is 10.6 Å². The number of amides is 2. The van der Waals surface area contributed by atoms with Gasteiger partial charge >= 0.3 is 6.03 Å². The van der Waals surface area contributed by atoms with Gasteiger partial charge in [0.15, 0.2) is 0 Å². The molecule has 2 amide bonds. The second-order valence-electron chi connectivity index (χ2n) is 5.25. The fraction of sp³-hybridized carbons (Fsp3) is 0.533. The van der Waals surface area contributed by atoms with Crippen LogP contribution in [0.3, 0.4) is 0 Å². The van der Waals surface area contributed by atoms with Crippen molar-refractivity contribution in [3.63, 3.8) is 0 Å². The Hall–Kier alpha value is -1.75. The Morgan fingerprint density at radius 1 is 1.35 bits per heavy atom.